The molecule has 0 aliphatic carbocycles. The van der Waals surface area contributed by atoms with E-state index in [1.165, 1.54) is 10.4 Å². The van der Waals surface area contributed by atoms with Crippen molar-refractivity contribution in [2.45, 2.75) is 25.9 Å². The average molecular weight is 462 g/mol. The van der Waals surface area contributed by atoms with Gasteiger partial charge in [0, 0.05) is 49.2 Å². The highest BCUT2D eigenvalue weighted by Gasteiger charge is 2.15. The zero-order chi connectivity index (χ0) is 22.5. The second-order valence-corrected chi connectivity index (χ2v) is 9.21. The number of nitrogens with zero attached hydrogens (tertiary/aromatic N) is 4. The molecule has 0 unspecified atom stereocenters. The maximum atomic E-state index is 12.6. The second-order valence-electron chi connectivity index (χ2n) is 8.17. The van der Waals surface area contributed by atoms with Gasteiger partial charge in [-0.05, 0) is 41.3 Å². The molecule has 0 radical (unpaired) electrons. The number of hydrogen-bond acceptors (Lipinski definition) is 6. The Hall–Kier alpha value is -3.07. The fourth-order valence-electron chi connectivity index (χ4n) is 4.08. The molecule has 33 heavy (non-hydrogen) atoms. The van der Waals surface area contributed by atoms with Crippen molar-refractivity contribution in [2.75, 3.05) is 31.6 Å². The fraction of sp³-hybridized carbons (Fsp3) is 0.320. The summed E-state index contributed by atoms with van der Waals surface area (Å²) in [7, 11) is 0. The number of fused-ring (bicyclic) bond motifs is 1. The third kappa shape index (κ3) is 5.47. The van der Waals surface area contributed by atoms with Gasteiger partial charge in [0.05, 0.1) is 19.8 Å². The van der Waals surface area contributed by atoms with E-state index in [1.807, 2.05) is 30.3 Å². The number of benzene rings is 1. The van der Waals surface area contributed by atoms with Gasteiger partial charge < -0.3 is 14.6 Å². The number of morpholine rings is 1. The van der Waals surface area contributed by atoms with Gasteiger partial charge in [-0.3, -0.25) is 9.69 Å². The lowest BCUT2D eigenvalue weighted by Gasteiger charge is -2.26. The number of carbonyl (C=O) groups is 1. The first kappa shape index (κ1) is 21.8. The van der Waals surface area contributed by atoms with Crippen LogP contribution in [-0.2, 0) is 29.0 Å². The first-order chi connectivity index (χ1) is 16.2. The van der Waals surface area contributed by atoms with Crippen molar-refractivity contribution in [3.63, 3.8) is 0 Å². The van der Waals surface area contributed by atoms with Crippen LogP contribution < -0.4 is 5.32 Å². The Morgan fingerprint density at radius 3 is 2.70 bits per heavy atom. The minimum absolute atomic E-state index is 0.0152. The van der Waals surface area contributed by atoms with Gasteiger partial charge in [0.1, 0.15) is 11.3 Å². The molecule has 3 aromatic heterocycles. The van der Waals surface area contributed by atoms with E-state index >= 15 is 0 Å². The molecule has 0 bridgehead atoms. The van der Waals surface area contributed by atoms with Crippen LogP contribution in [0.15, 0.2) is 60.1 Å². The Morgan fingerprint density at radius 1 is 1.06 bits per heavy atom. The van der Waals surface area contributed by atoms with Gasteiger partial charge in [-0.15, -0.1) is 11.3 Å². The lowest BCUT2D eigenvalue weighted by molar-refractivity contribution is -0.116. The predicted molar refractivity (Wildman–Crippen MR) is 130 cm³/mol. The third-order valence-corrected chi connectivity index (χ3v) is 6.66. The van der Waals surface area contributed by atoms with E-state index in [1.54, 1.807) is 17.5 Å². The number of aromatic nitrogens is 3. The van der Waals surface area contributed by atoms with Gasteiger partial charge in [0.2, 0.25) is 5.91 Å². The van der Waals surface area contributed by atoms with E-state index in [2.05, 4.69) is 43.3 Å². The molecule has 1 fully saturated rings. The Balaban J connectivity index is 1.20. The van der Waals surface area contributed by atoms with Gasteiger partial charge in [-0.1, -0.05) is 18.2 Å². The van der Waals surface area contributed by atoms with Crippen molar-refractivity contribution in [2.24, 2.45) is 0 Å². The summed E-state index contributed by atoms with van der Waals surface area (Å²) in [5.74, 6) is 0.867. The van der Waals surface area contributed by atoms with Crippen LogP contribution in [0.25, 0.3) is 11.2 Å². The van der Waals surface area contributed by atoms with Crippen LogP contribution in [0.3, 0.4) is 0 Å². The number of carbonyl (C=O) groups excluding carboxylic acids is 1. The van der Waals surface area contributed by atoms with Crippen molar-refractivity contribution in [3.8, 4) is 0 Å². The number of thiophene rings is 1. The van der Waals surface area contributed by atoms with Gasteiger partial charge in [0.15, 0.2) is 5.65 Å². The summed E-state index contributed by atoms with van der Waals surface area (Å²) in [6.07, 6.45) is 2.71. The van der Waals surface area contributed by atoms with Gasteiger partial charge in [0.25, 0.3) is 0 Å². The highest BCUT2D eigenvalue weighted by atomic mass is 32.1. The lowest BCUT2D eigenvalue weighted by Crippen LogP contribution is -2.35. The van der Waals surface area contributed by atoms with Crippen LogP contribution >= 0.6 is 11.3 Å². The number of aryl methyl sites for hydroxylation is 1. The molecule has 1 aliphatic rings. The maximum Gasteiger partial charge on any atom is 0.224 e. The summed E-state index contributed by atoms with van der Waals surface area (Å²) in [5.41, 5.74) is 3.78. The quantitative estimate of drug-likeness (QED) is 0.430. The van der Waals surface area contributed by atoms with Crippen LogP contribution in [0.5, 0.6) is 0 Å². The van der Waals surface area contributed by atoms with E-state index < -0.39 is 0 Å². The van der Waals surface area contributed by atoms with Gasteiger partial charge in [-0.2, -0.15) is 0 Å². The molecule has 0 spiro atoms. The van der Waals surface area contributed by atoms with Crippen molar-refractivity contribution >= 4 is 34.1 Å². The van der Waals surface area contributed by atoms with Crippen molar-refractivity contribution < 1.29 is 9.53 Å². The number of imidazole rings is 1. The van der Waals surface area contributed by atoms with Gasteiger partial charge >= 0.3 is 0 Å². The molecule has 170 valence electrons. The van der Waals surface area contributed by atoms with E-state index in [4.69, 9.17) is 9.72 Å². The maximum absolute atomic E-state index is 12.6. The Morgan fingerprint density at radius 2 is 1.91 bits per heavy atom. The molecule has 5 rings (SSSR count). The van der Waals surface area contributed by atoms with Crippen LogP contribution in [0.4, 0.5) is 5.69 Å². The molecular formula is C25H27N5O2S. The average Bonchev–Trinajstić information content (AvgIpc) is 3.48. The van der Waals surface area contributed by atoms with Crippen LogP contribution in [0.1, 0.15) is 22.7 Å². The zero-order valence-electron chi connectivity index (χ0n) is 18.4. The summed E-state index contributed by atoms with van der Waals surface area (Å²) < 4.78 is 7.53. The SMILES string of the molecule is O=C(CCc1nc2cccnc2n1Cc1cccs1)Nc1ccc(CN2CCOCC2)cc1. The molecule has 4 aromatic rings. The van der Waals surface area contributed by atoms with Crippen molar-refractivity contribution in [1.82, 2.24) is 19.4 Å². The highest BCUT2D eigenvalue weighted by molar-refractivity contribution is 7.09. The van der Waals surface area contributed by atoms with Gasteiger partial charge in [-0.25, -0.2) is 9.97 Å². The van der Waals surface area contributed by atoms with Crippen LogP contribution in [-0.4, -0.2) is 51.6 Å². The number of hydrogen-bond donors (Lipinski definition) is 1. The minimum atomic E-state index is -0.0152. The monoisotopic (exact) mass is 461 g/mol. The highest BCUT2D eigenvalue weighted by Crippen LogP contribution is 2.20. The smallest absolute Gasteiger partial charge is 0.224 e. The van der Waals surface area contributed by atoms with Crippen LogP contribution in [0.2, 0.25) is 0 Å². The van der Waals surface area contributed by atoms with E-state index in [9.17, 15) is 4.79 Å². The molecule has 7 nitrogen and oxygen atoms in total. The summed E-state index contributed by atoms with van der Waals surface area (Å²) in [6, 6.07) is 16.1. The first-order valence-electron chi connectivity index (χ1n) is 11.3. The molecule has 4 heterocycles. The predicted octanol–water partition coefficient (Wildman–Crippen LogP) is 3.94. The molecular weight excluding hydrogens is 434 g/mol. The number of rotatable bonds is 8. The standard InChI is InChI=1S/C25H27N5O2S/c31-24(27-20-7-5-19(6-8-20)17-29-12-14-32-15-13-29)10-9-23-28-22-4-1-11-26-25(22)30(23)18-21-3-2-16-33-21/h1-8,11,16H,9-10,12-15,17-18H2,(H,27,31). The third-order valence-electron chi connectivity index (χ3n) is 5.80. The van der Waals surface area contributed by atoms with Crippen molar-refractivity contribution in [3.05, 3.63) is 76.4 Å². The summed E-state index contributed by atoms with van der Waals surface area (Å²) in [4.78, 5) is 25.5. The summed E-state index contributed by atoms with van der Waals surface area (Å²) in [5, 5.41) is 5.09. The largest absolute Gasteiger partial charge is 0.379 e. The number of amides is 1. The molecule has 0 saturated carbocycles. The number of ether oxygens (including phenoxy) is 1. The molecule has 8 heteroatoms. The number of nitrogens with one attached hydrogen (secondary N) is 1. The Kier molecular flexibility index (Phi) is 6.76. The fourth-order valence-corrected chi connectivity index (χ4v) is 4.77. The van der Waals surface area contributed by atoms with E-state index in [0.717, 1.165) is 55.5 Å². The Bertz CT molecular complexity index is 1200. The van der Waals surface area contributed by atoms with Crippen molar-refractivity contribution in [1.29, 1.82) is 0 Å². The molecule has 1 amide bonds. The molecule has 1 N–H and O–H groups in total. The Labute approximate surface area is 197 Å². The summed E-state index contributed by atoms with van der Waals surface area (Å²) in [6.45, 7) is 5.14. The molecule has 0 atom stereocenters. The molecule has 1 aliphatic heterocycles. The first-order valence-corrected chi connectivity index (χ1v) is 12.1. The number of pyridine rings is 1. The normalized spacial score (nSPS) is 14.5. The molecule has 1 saturated heterocycles. The minimum Gasteiger partial charge on any atom is -0.379 e. The topological polar surface area (TPSA) is 72.3 Å². The van der Waals surface area contributed by atoms with Crippen LogP contribution in [0, 0.1) is 0 Å². The lowest BCUT2D eigenvalue weighted by atomic mass is 10.2. The zero-order valence-corrected chi connectivity index (χ0v) is 19.3. The number of anilines is 1. The van der Waals surface area contributed by atoms with E-state index in [0.29, 0.717) is 19.4 Å². The van der Waals surface area contributed by atoms with E-state index in [-0.39, 0.29) is 5.91 Å². The molecule has 1 aromatic carbocycles. The second kappa shape index (κ2) is 10.2. The summed E-state index contributed by atoms with van der Waals surface area (Å²) >= 11 is 1.71.